The molecule has 19 heavy (non-hydrogen) atoms. The Kier molecular flexibility index (Phi) is 5.55. The third kappa shape index (κ3) is 3.35. The predicted molar refractivity (Wildman–Crippen MR) is 78.3 cm³/mol. The highest BCUT2D eigenvalue weighted by molar-refractivity contribution is 5.80. The lowest BCUT2D eigenvalue weighted by atomic mass is 9.85. The van der Waals surface area contributed by atoms with Gasteiger partial charge in [-0.15, -0.1) is 0 Å². The van der Waals surface area contributed by atoms with Crippen LogP contribution >= 0.6 is 0 Å². The van der Waals surface area contributed by atoms with Crippen LogP contribution in [-0.4, -0.2) is 17.1 Å². The van der Waals surface area contributed by atoms with Gasteiger partial charge in [0, 0.05) is 6.04 Å². The molecule has 3 nitrogen and oxygen atoms in total. The van der Waals surface area contributed by atoms with Crippen molar-refractivity contribution < 1.29 is 9.90 Å². The molecule has 0 bridgehead atoms. The largest absolute Gasteiger partial charge is 0.480 e. The maximum Gasteiger partial charge on any atom is 0.328 e. The Balaban J connectivity index is 3.17. The number of hydrogen-bond donors (Lipinski definition) is 2. The van der Waals surface area contributed by atoms with E-state index in [1.54, 1.807) is 0 Å². The molecular weight excluding hydrogens is 238 g/mol. The number of aryl methyl sites for hydroxylation is 1. The van der Waals surface area contributed by atoms with Crippen LogP contribution in [0.25, 0.3) is 0 Å². The number of hydrogen-bond acceptors (Lipinski definition) is 2. The van der Waals surface area contributed by atoms with Crippen molar-refractivity contribution in [2.24, 2.45) is 0 Å². The van der Waals surface area contributed by atoms with Gasteiger partial charge in [0.1, 0.15) is 5.54 Å². The SMILES string of the molecule is CCc1ccc(C(CC)(NC(C)CC)C(=O)O)cc1. The molecule has 3 heteroatoms. The van der Waals surface area contributed by atoms with Gasteiger partial charge in [0.25, 0.3) is 0 Å². The van der Waals surface area contributed by atoms with E-state index in [1.165, 1.54) is 5.56 Å². The van der Waals surface area contributed by atoms with Gasteiger partial charge in [-0.05, 0) is 37.3 Å². The van der Waals surface area contributed by atoms with Crippen molar-refractivity contribution in [3.8, 4) is 0 Å². The summed E-state index contributed by atoms with van der Waals surface area (Å²) >= 11 is 0. The summed E-state index contributed by atoms with van der Waals surface area (Å²) in [6.45, 7) is 8.09. The molecule has 0 radical (unpaired) electrons. The molecule has 0 saturated carbocycles. The molecule has 2 unspecified atom stereocenters. The van der Waals surface area contributed by atoms with E-state index in [1.807, 2.05) is 38.1 Å². The van der Waals surface area contributed by atoms with E-state index in [0.29, 0.717) is 6.42 Å². The quantitative estimate of drug-likeness (QED) is 0.793. The molecule has 0 heterocycles. The van der Waals surface area contributed by atoms with E-state index in [-0.39, 0.29) is 6.04 Å². The summed E-state index contributed by atoms with van der Waals surface area (Å²) in [7, 11) is 0. The summed E-state index contributed by atoms with van der Waals surface area (Å²) in [6, 6.07) is 8.07. The van der Waals surface area contributed by atoms with E-state index in [4.69, 9.17) is 0 Å². The Morgan fingerprint density at radius 3 is 2.21 bits per heavy atom. The normalized spacial score (nSPS) is 15.8. The van der Waals surface area contributed by atoms with Crippen molar-refractivity contribution in [3.05, 3.63) is 35.4 Å². The maximum absolute atomic E-state index is 11.8. The first-order valence-electron chi connectivity index (χ1n) is 7.10. The molecule has 0 saturated heterocycles. The minimum atomic E-state index is -0.984. The Morgan fingerprint density at radius 1 is 1.26 bits per heavy atom. The van der Waals surface area contributed by atoms with Crippen LogP contribution in [0.1, 0.15) is 51.7 Å². The van der Waals surface area contributed by atoms with Gasteiger partial charge in [0.15, 0.2) is 0 Å². The molecule has 0 fully saturated rings. The molecule has 1 aromatic rings. The van der Waals surface area contributed by atoms with Crippen LogP contribution in [0.15, 0.2) is 24.3 Å². The summed E-state index contributed by atoms with van der Waals surface area (Å²) in [5.74, 6) is -0.806. The second-order valence-electron chi connectivity index (χ2n) is 5.07. The van der Waals surface area contributed by atoms with E-state index >= 15 is 0 Å². The Bertz CT molecular complexity index is 413. The fourth-order valence-electron chi connectivity index (χ4n) is 2.27. The minimum Gasteiger partial charge on any atom is -0.480 e. The van der Waals surface area contributed by atoms with Gasteiger partial charge < -0.3 is 5.11 Å². The summed E-state index contributed by atoms with van der Waals surface area (Å²) in [5, 5.41) is 13.0. The zero-order chi connectivity index (χ0) is 14.5. The van der Waals surface area contributed by atoms with E-state index in [0.717, 1.165) is 18.4 Å². The highest BCUT2D eigenvalue weighted by atomic mass is 16.4. The molecule has 2 atom stereocenters. The van der Waals surface area contributed by atoms with Crippen LogP contribution in [0, 0.1) is 0 Å². The van der Waals surface area contributed by atoms with E-state index in [2.05, 4.69) is 19.2 Å². The van der Waals surface area contributed by atoms with Crippen LogP contribution in [0.5, 0.6) is 0 Å². The molecule has 106 valence electrons. The van der Waals surface area contributed by atoms with Crippen LogP contribution in [0.4, 0.5) is 0 Å². The third-order valence-electron chi connectivity index (χ3n) is 3.86. The smallest absolute Gasteiger partial charge is 0.328 e. The van der Waals surface area contributed by atoms with Gasteiger partial charge in [0.2, 0.25) is 0 Å². The lowest BCUT2D eigenvalue weighted by Gasteiger charge is -2.33. The Labute approximate surface area is 116 Å². The van der Waals surface area contributed by atoms with E-state index < -0.39 is 11.5 Å². The number of rotatable bonds is 7. The topological polar surface area (TPSA) is 49.3 Å². The molecule has 0 aliphatic rings. The van der Waals surface area contributed by atoms with Crippen LogP contribution < -0.4 is 5.32 Å². The summed E-state index contributed by atoms with van der Waals surface area (Å²) in [5.41, 5.74) is 1.07. The number of nitrogens with one attached hydrogen (secondary N) is 1. The van der Waals surface area contributed by atoms with Gasteiger partial charge in [-0.25, -0.2) is 4.79 Å². The second kappa shape index (κ2) is 6.71. The van der Waals surface area contributed by atoms with Crippen molar-refractivity contribution in [2.45, 2.75) is 58.5 Å². The molecule has 2 N–H and O–H groups in total. The van der Waals surface area contributed by atoms with Crippen molar-refractivity contribution in [1.29, 1.82) is 0 Å². The predicted octanol–water partition coefficient (Wildman–Crippen LogP) is 3.33. The van der Waals surface area contributed by atoms with Gasteiger partial charge in [-0.2, -0.15) is 0 Å². The number of benzene rings is 1. The summed E-state index contributed by atoms with van der Waals surface area (Å²) < 4.78 is 0. The highest BCUT2D eigenvalue weighted by Crippen LogP contribution is 2.27. The molecule has 1 aromatic carbocycles. The van der Waals surface area contributed by atoms with Crippen molar-refractivity contribution in [3.63, 3.8) is 0 Å². The van der Waals surface area contributed by atoms with E-state index in [9.17, 15) is 9.90 Å². The van der Waals surface area contributed by atoms with Gasteiger partial charge in [0.05, 0.1) is 0 Å². The molecule has 0 spiro atoms. The molecule has 0 aliphatic heterocycles. The molecule has 0 aromatic heterocycles. The number of carboxylic acid groups (broad SMARTS) is 1. The average Bonchev–Trinajstić information content (AvgIpc) is 2.44. The fraction of sp³-hybridized carbons (Fsp3) is 0.562. The van der Waals surface area contributed by atoms with Crippen LogP contribution in [-0.2, 0) is 16.8 Å². The molecule has 1 rings (SSSR count). The van der Waals surface area contributed by atoms with Gasteiger partial charge >= 0.3 is 5.97 Å². The van der Waals surface area contributed by atoms with Crippen molar-refractivity contribution in [1.82, 2.24) is 5.32 Å². The fourth-order valence-corrected chi connectivity index (χ4v) is 2.27. The average molecular weight is 263 g/mol. The summed E-state index contributed by atoms with van der Waals surface area (Å²) in [6.07, 6.45) is 2.39. The summed E-state index contributed by atoms with van der Waals surface area (Å²) in [4.78, 5) is 11.8. The van der Waals surface area contributed by atoms with Crippen molar-refractivity contribution in [2.75, 3.05) is 0 Å². The Hall–Kier alpha value is -1.35. The van der Waals surface area contributed by atoms with Crippen LogP contribution in [0.2, 0.25) is 0 Å². The number of aliphatic carboxylic acids is 1. The first-order chi connectivity index (χ1) is 9.00. The first-order valence-corrected chi connectivity index (χ1v) is 7.10. The zero-order valence-electron chi connectivity index (χ0n) is 12.4. The second-order valence-corrected chi connectivity index (χ2v) is 5.07. The monoisotopic (exact) mass is 263 g/mol. The van der Waals surface area contributed by atoms with Gasteiger partial charge in [-0.1, -0.05) is 45.0 Å². The third-order valence-corrected chi connectivity index (χ3v) is 3.86. The Morgan fingerprint density at radius 2 is 1.84 bits per heavy atom. The standard InChI is InChI=1S/C16H25NO2/c1-5-12(4)17-16(7-3,15(18)19)14-10-8-13(6-2)9-11-14/h8-12,17H,5-7H2,1-4H3,(H,18,19). The zero-order valence-corrected chi connectivity index (χ0v) is 12.4. The number of carbonyl (C=O) groups is 1. The number of carboxylic acids is 1. The molecular formula is C16H25NO2. The highest BCUT2D eigenvalue weighted by Gasteiger charge is 2.39. The molecule has 0 aliphatic carbocycles. The first kappa shape index (κ1) is 15.7. The van der Waals surface area contributed by atoms with Crippen LogP contribution in [0.3, 0.4) is 0 Å². The maximum atomic E-state index is 11.8. The van der Waals surface area contributed by atoms with Crippen molar-refractivity contribution >= 4 is 5.97 Å². The lowest BCUT2D eigenvalue weighted by Crippen LogP contribution is -2.52. The molecule has 0 amide bonds. The lowest BCUT2D eigenvalue weighted by molar-refractivity contribution is -0.146. The minimum absolute atomic E-state index is 0.168. The van der Waals surface area contributed by atoms with Gasteiger partial charge in [-0.3, -0.25) is 5.32 Å².